The van der Waals surface area contributed by atoms with E-state index in [0.29, 0.717) is 19.7 Å². The SMILES string of the molecule is CCOc1ccc(CN(C)CC(=O)N2N=C(c3cccs3)CC2c2cccs2)cc1. The van der Waals surface area contributed by atoms with E-state index < -0.39 is 0 Å². The summed E-state index contributed by atoms with van der Waals surface area (Å²) in [7, 11) is 1.97. The van der Waals surface area contributed by atoms with Crippen molar-refractivity contribution >= 4 is 34.3 Å². The number of thiophene rings is 2. The topological polar surface area (TPSA) is 45.1 Å². The van der Waals surface area contributed by atoms with Crippen molar-refractivity contribution in [3.05, 3.63) is 74.6 Å². The van der Waals surface area contributed by atoms with Gasteiger partial charge in [0.05, 0.1) is 29.8 Å². The fourth-order valence-corrected chi connectivity index (χ4v) is 5.10. The first-order valence-corrected chi connectivity index (χ1v) is 11.8. The van der Waals surface area contributed by atoms with E-state index in [9.17, 15) is 4.79 Å². The van der Waals surface area contributed by atoms with Gasteiger partial charge in [-0.2, -0.15) is 5.10 Å². The third kappa shape index (κ3) is 4.80. The van der Waals surface area contributed by atoms with Crippen LogP contribution in [0.15, 0.2) is 64.4 Å². The molecule has 5 nitrogen and oxygen atoms in total. The number of carbonyl (C=O) groups excluding carboxylic acids is 1. The van der Waals surface area contributed by atoms with Crippen molar-refractivity contribution in [2.75, 3.05) is 20.2 Å². The normalized spacial score (nSPS) is 16.2. The second-order valence-electron chi connectivity index (χ2n) is 7.25. The molecule has 1 atom stereocenters. The molecule has 0 saturated heterocycles. The molecule has 1 unspecified atom stereocenters. The zero-order valence-electron chi connectivity index (χ0n) is 17.2. The van der Waals surface area contributed by atoms with Crippen molar-refractivity contribution in [3.8, 4) is 5.75 Å². The number of likely N-dealkylation sites (N-methyl/N-ethyl adjacent to an activating group) is 1. The first-order chi connectivity index (χ1) is 14.6. The summed E-state index contributed by atoms with van der Waals surface area (Å²) < 4.78 is 5.50. The highest BCUT2D eigenvalue weighted by atomic mass is 32.1. The molecule has 156 valence electrons. The number of rotatable bonds is 8. The van der Waals surface area contributed by atoms with Gasteiger partial charge >= 0.3 is 0 Å². The van der Waals surface area contributed by atoms with Crippen molar-refractivity contribution in [1.29, 1.82) is 0 Å². The second kappa shape index (κ2) is 9.55. The van der Waals surface area contributed by atoms with Crippen molar-refractivity contribution in [3.63, 3.8) is 0 Å². The van der Waals surface area contributed by atoms with Crippen molar-refractivity contribution in [2.45, 2.75) is 25.9 Å². The Morgan fingerprint density at radius 2 is 1.93 bits per heavy atom. The molecule has 0 fully saturated rings. The number of hydrogen-bond acceptors (Lipinski definition) is 6. The zero-order valence-corrected chi connectivity index (χ0v) is 18.8. The molecule has 7 heteroatoms. The highest BCUT2D eigenvalue weighted by molar-refractivity contribution is 7.12. The molecule has 3 heterocycles. The van der Waals surface area contributed by atoms with Gasteiger partial charge in [-0.05, 0) is 54.6 Å². The maximum Gasteiger partial charge on any atom is 0.257 e. The van der Waals surface area contributed by atoms with E-state index in [2.05, 4.69) is 17.5 Å². The van der Waals surface area contributed by atoms with Crippen molar-refractivity contribution in [2.24, 2.45) is 5.10 Å². The highest BCUT2D eigenvalue weighted by Crippen LogP contribution is 2.36. The average molecular weight is 440 g/mol. The lowest BCUT2D eigenvalue weighted by molar-refractivity contribution is -0.134. The molecule has 0 bridgehead atoms. The van der Waals surface area contributed by atoms with Gasteiger partial charge in [0, 0.05) is 17.8 Å². The van der Waals surface area contributed by atoms with Gasteiger partial charge in [0.1, 0.15) is 5.75 Å². The van der Waals surface area contributed by atoms with Gasteiger partial charge in [-0.15, -0.1) is 22.7 Å². The average Bonchev–Trinajstić information content (AvgIpc) is 3.49. The van der Waals surface area contributed by atoms with E-state index in [-0.39, 0.29) is 11.9 Å². The third-order valence-corrected chi connectivity index (χ3v) is 6.83. The number of benzene rings is 1. The minimum atomic E-state index is -0.0199. The molecule has 1 aliphatic rings. The van der Waals surface area contributed by atoms with Gasteiger partial charge in [0.2, 0.25) is 0 Å². The predicted molar refractivity (Wildman–Crippen MR) is 123 cm³/mol. The molecule has 0 N–H and O–H groups in total. The Bertz CT molecular complexity index is 982. The van der Waals surface area contributed by atoms with Gasteiger partial charge in [-0.1, -0.05) is 24.3 Å². The molecule has 0 spiro atoms. The maximum atomic E-state index is 13.2. The first kappa shape index (κ1) is 20.8. The molecular formula is C23H25N3O2S2. The fourth-order valence-electron chi connectivity index (χ4n) is 3.56. The summed E-state index contributed by atoms with van der Waals surface area (Å²) in [5, 5.41) is 10.5. The van der Waals surface area contributed by atoms with Crippen LogP contribution >= 0.6 is 22.7 Å². The summed E-state index contributed by atoms with van der Waals surface area (Å²) in [6.45, 7) is 3.64. The minimum absolute atomic E-state index is 0.0199. The minimum Gasteiger partial charge on any atom is -0.494 e. The molecule has 30 heavy (non-hydrogen) atoms. The standard InChI is InChI=1S/C23H25N3O2S2/c1-3-28-18-10-8-17(9-11-18)15-25(2)16-23(27)26-20(22-7-5-13-30-22)14-19(24-26)21-6-4-12-29-21/h4-13,20H,3,14-16H2,1-2H3. The molecule has 1 aromatic carbocycles. The fraction of sp³-hybridized carbons (Fsp3) is 0.304. The predicted octanol–water partition coefficient (Wildman–Crippen LogP) is 5.02. The van der Waals surface area contributed by atoms with Crippen LogP contribution in [0, 0.1) is 0 Å². The van der Waals surface area contributed by atoms with Crippen LogP contribution in [0.3, 0.4) is 0 Å². The summed E-state index contributed by atoms with van der Waals surface area (Å²) >= 11 is 3.35. The molecule has 2 aromatic heterocycles. The number of ether oxygens (including phenoxy) is 1. The molecule has 3 aromatic rings. The number of hydrogen-bond donors (Lipinski definition) is 0. The van der Waals surface area contributed by atoms with Crippen LogP contribution in [0.4, 0.5) is 0 Å². The molecular weight excluding hydrogens is 414 g/mol. The Morgan fingerprint density at radius 1 is 1.17 bits per heavy atom. The molecule has 0 radical (unpaired) electrons. The van der Waals surface area contributed by atoms with Gasteiger partial charge in [0.15, 0.2) is 0 Å². The van der Waals surface area contributed by atoms with Crippen LogP contribution < -0.4 is 4.74 Å². The summed E-state index contributed by atoms with van der Waals surface area (Å²) in [4.78, 5) is 17.5. The molecule has 1 aliphatic heterocycles. The van der Waals surface area contributed by atoms with Crippen LogP contribution in [-0.4, -0.2) is 41.7 Å². The van der Waals surface area contributed by atoms with Crippen molar-refractivity contribution in [1.82, 2.24) is 9.91 Å². The Hall–Kier alpha value is -2.48. The summed E-state index contributed by atoms with van der Waals surface area (Å²) in [5.74, 6) is 0.889. The largest absolute Gasteiger partial charge is 0.494 e. The molecule has 4 rings (SSSR count). The van der Waals surface area contributed by atoms with Gasteiger partial charge in [0.25, 0.3) is 5.91 Å². The van der Waals surface area contributed by atoms with Crippen LogP contribution in [0.25, 0.3) is 0 Å². The summed E-state index contributed by atoms with van der Waals surface area (Å²) in [5.41, 5.74) is 2.14. The maximum absolute atomic E-state index is 13.2. The first-order valence-electron chi connectivity index (χ1n) is 10.0. The van der Waals surface area contributed by atoms with E-state index in [0.717, 1.165) is 28.3 Å². The summed E-state index contributed by atoms with van der Waals surface area (Å²) in [6.07, 6.45) is 0.759. The smallest absolute Gasteiger partial charge is 0.257 e. The van der Waals surface area contributed by atoms with Gasteiger partial charge in [-0.25, -0.2) is 5.01 Å². The number of carbonyl (C=O) groups is 1. The monoisotopic (exact) mass is 439 g/mol. The number of amides is 1. The van der Waals surface area contributed by atoms with E-state index in [4.69, 9.17) is 9.84 Å². The molecule has 0 saturated carbocycles. The third-order valence-electron chi connectivity index (χ3n) is 4.94. The lowest BCUT2D eigenvalue weighted by atomic mass is 10.1. The quantitative estimate of drug-likeness (QED) is 0.495. The second-order valence-corrected chi connectivity index (χ2v) is 9.17. The Morgan fingerprint density at radius 3 is 2.60 bits per heavy atom. The number of hydrazone groups is 1. The van der Waals surface area contributed by atoms with Crippen LogP contribution in [0.5, 0.6) is 5.75 Å². The molecule has 0 aliphatic carbocycles. The Labute approximate surface area is 185 Å². The number of nitrogens with zero attached hydrogens (tertiary/aromatic N) is 3. The van der Waals surface area contributed by atoms with Crippen molar-refractivity contribution < 1.29 is 9.53 Å². The van der Waals surface area contributed by atoms with E-state index in [1.54, 1.807) is 27.7 Å². The van der Waals surface area contributed by atoms with Crippen LogP contribution in [0.2, 0.25) is 0 Å². The lowest BCUT2D eigenvalue weighted by Gasteiger charge is -2.24. The van der Waals surface area contributed by atoms with E-state index in [1.165, 1.54) is 4.88 Å². The summed E-state index contributed by atoms with van der Waals surface area (Å²) in [6, 6.07) is 16.2. The Kier molecular flexibility index (Phi) is 6.62. The highest BCUT2D eigenvalue weighted by Gasteiger charge is 2.34. The lowest BCUT2D eigenvalue weighted by Crippen LogP contribution is -2.36. The Balaban J connectivity index is 1.44. The van der Waals surface area contributed by atoms with Crippen LogP contribution in [-0.2, 0) is 11.3 Å². The van der Waals surface area contributed by atoms with E-state index in [1.807, 2.05) is 60.6 Å². The van der Waals surface area contributed by atoms with Crippen LogP contribution in [0.1, 0.15) is 34.7 Å². The van der Waals surface area contributed by atoms with Gasteiger partial charge in [-0.3, -0.25) is 9.69 Å². The van der Waals surface area contributed by atoms with E-state index >= 15 is 0 Å². The zero-order chi connectivity index (χ0) is 20.9. The van der Waals surface area contributed by atoms with Gasteiger partial charge < -0.3 is 4.74 Å². The molecule has 1 amide bonds.